The topological polar surface area (TPSA) is 77.6 Å². The van der Waals surface area contributed by atoms with Gasteiger partial charge in [-0.3, -0.25) is 14.2 Å². The van der Waals surface area contributed by atoms with Crippen molar-refractivity contribution < 1.29 is 9.18 Å². The lowest BCUT2D eigenvalue weighted by Crippen LogP contribution is -2.14. The van der Waals surface area contributed by atoms with Crippen LogP contribution in [-0.2, 0) is 13.6 Å². The Kier molecular flexibility index (Phi) is 5.82. The van der Waals surface area contributed by atoms with Gasteiger partial charge >= 0.3 is 0 Å². The van der Waals surface area contributed by atoms with Crippen LogP contribution in [0.2, 0.25) is 5.02 Å². The molecule has 2 aromatic carbocycles. The molecular weight excluding hydrogens is 467 g/mol. The molecule has 1 N–H and O–H groups in total. The zero-order valence-corrected chi connectivity index (χ0v) is 20.1. The fourth-order valence-corrected chi connectivity index (χ4v) is 4.35. The minimum absolute atomic E-state index is 0.245. The molecular formula is C26H22ClFN6O. The minimum atomic E-state index is -0.349. The Morgan fingerprint density at radius 2 is 1.83 bits per heavy atom. The standard InChI is InChI=1S/C26H22ClFN6O/c1-15-24(16(2)33(3)31-15)23-12-20(19-6-4-5-7-22(19)29-23)26(35)30-25-21(27)14-34(32-25)13-17-8-10-18(28)11-9-17/h4-12,14H,13H2,1-3H3,(H,30,32,35). The quantitative estimate of drug-likeness (QED) is 0.352. The van der Waals surface area contributed by atoms with Crippen LogP contribution in [-0.4, -0.2) is 30.5 Å². The number of hydrogen-bond acceptors (Lipinski definition) is 4. The monoisotopic (exact) mass is 488 g/mol. The average molecular weight is 489 g/mol. The van der Waals surface area contributed by atoms with Gasteiger partial charge in [0.05, 0.1) is 29.0 Å². The minimum Gasteiger partial charge on any atom is -0.304 e. The Morgan fingerprint density at radius 3 is 2.54 bits per heavy atom. The van der Waals surface area contributed by atoms with Crippen LogP contribution in [0, 0.1) is 19.7 Å². The number of fused-ring (bicyclic) bond motifs is 1. The summed E-state index contributed by atoms with van der Waals surface area (Å²) in [6, 6.07) is 15.4. The highest BCUT2D eigenvalue weighted by atomic mass is 35.5. The van der Waals surface area contributed by atoms with Crippen LogP contribution in [0.1, 0.15) is 27.3 Å². The first-order valence-corrected chi connectivity index (χ1v) is 11.4. The van der Waals surface area contributed by atoms with E-state index in [9.17, 15) is 9.18 Å². The third-order valence-electron chi connectivity index (χ3n) is 5.93. The molecule has 5 aromatic rings. The predicted molar refractivity (Wildman–Crippen MR) is 134 cm³/mol. The largest absolute Gasteiger partial charge is 0.304 e. The number of nitrogens with one attached hydrogen (secondary N) is 1. The van der Waals surface area contributed by atoms with E-state index < -0.39 is 0 Å². The third kappa shape index (κ3) is 4.40. The van der Waals surface area contributed by atoms with Gasteiger partial charge in [-0.2, -0.15) is 10.2 Å². The first-order valence-electron chi connectivity index (χ1n) is 11.0. The molecule has 0 aliphatic rings. The van der Waals surface area contributed by atoms with Crippen molar-refractivity contribution in [2.45, 2.75) is 20.4 Å². The van der Waals surface area contributed by atoms with Crippen molar-refractivity contribution in [2.24, 2.45) is 7.05 Å². The highest BCUT2D eigenvalue weighted by Crippen LogP contribution is 2.30. The molecule has 0 radical (unpaired) electrons. The van der Waals surface area contributed by atoms with Crippen molar-refractivity contribution >= 4 is 34.2 Å². The van der Waals surface area contributed by atoms with Gasteiger partial charge in [0.2, 0.25) is 0 Å². The van der Waals surface area contributed by atoms with Gasteiger partial charge in [-0.05, 0) is 43.7 Å². The highest BCUT2D eigenvalue weighted by Gasteiger charge is 2.20. The van der Waals surface area contributed by atoms with Crippen molar-refractivity contribution in [1.82, 2.24) is 24.5 Å². The number of amides is 1. The lowest BCUT2D eigenvalue weighted by Gasteiger charge is -2.10. The molecule has 0 bridgehead atoms. The first-order chi connectivity index (χ1) is 16.8. The molecule has 0 aliphatic carbocycles. The molecule has 3 heterocycles. The van der Waals surface area contributed by atoms with Gasteiger partial charge in [0.25, 0.3) is 5.91 Å². The summed E-state index contributed by atoms with van der Waals surface area (Å²) >= 11 is 6.38. The zero-order valence-electron chi connectivity index (χ0n) is 19.4. The van der Waals surface area contributed by atoms with Gasteiger partial charge in [-0.1, -0.05) is 41.9 Å². The summed E-state index contributed by atoms with van der Waals surface area (Å²) < 4.78 is 16.6. The van der Waals surface area contributed by atoms with Gasteiger partial charge in [0.15, 0.2) is 5.82 Å². The number of halogens is 2. The Balaban J connectivity index is 1.49. The van der Waals surface area contributed by atoms with Crippen LogP contribution in [0.4, 0.5) is 10.2 Å². The third-order valence-corrected chi connectivity index (χ3v) is 6.21. The first kappa shape index (κ1) is 22.7. The maximum absolute atomic E-state index is 13.4. The number of carbonyl (C=O) groups is 1. The molecule has 9 heteroatoms. The van der Waals surface area contributed by atoms with E-state index in [0.717, 1.165) is 27.9 Å². The summed E-state index contributed by atoms with van der Waals surface area (Å²) in [5, 5.41) is 12.8. The highest BCUT2D eigenvalue weighted by molar-refractivity contribution is 6.33. The number of benzene rings is 2. The van der Waals surface area contributed by atoms with Crippen molar-refractivity contribution in [3.8, 4) is 11.3 Å². The van der Waals surface area contributed by atoms with E-state index in [0.29, 0.717) is 28.3 Å². The number of anilines is 1. The molecule has 176 valence electrons. The number of hydrogen-bond donors (Lipinski definition) is 1. The lowest BCUT2D eigenvalue weighted by molar-refractivity contribution is 0.102. The number of pyridine rings is 1. The molecule has 0 spiro atoms. The fourth-order valence-electron chi connectivity index (χ4n) is 4.15. The molecule has 3 aromatic heterocycles. The van der Waals surface area contributed by atoms with E-state index >= 15 is 0 Å². The van der Waals surface area contributed by atoms with Gasteiger partial charge in [-0.25, -0.2) is 9.37 Å². The molecule has 0 atom stereocenters. The summed E-state index contributed by atoms with van der Waals surface area (Å²) in [6.07, 6.45) is 1.62. The number of carbonyl (C=O) groups excluding carboxylic acids is 1. The molecule has 0 fully saturated rings. The molecule has 0 aliphatic heterocycles. The molecule has 1 amide bonds. The predicted octanol–water partition coefficient (Wildman–Crippen LogP) is 5.54. The van der Waals surface area contributed by atoms with Crippen molar-refractivity contribution in [3.05, 3.63) is 94.1 Å². The zero-order chi connectivity index (χ0) is 24.7. The molecule has 35 heavy (non-hydrogen) atoms. The van der Waals surface area contributed by atoms with Crippen LogP contribution in [0.5, 0.6) is 0 Å². The second-order valence-electron chi connectivity index (χ2n) is 8.35. The second kappa shape index (κ2) is 8.96. The molecule has 7 nitrogen and oxygen atoms in total. The van der Waals surface area contributed by atoms with Crippen molar-refractivity contribution in [2.75, 3.05) is 5.32 Å². The van der Waals surface area contributed by atoms with Gasteiger partial charge in [0, 0.05) is 29.9 Å². The molecule has 0 saturated carbocycles. The summed E-state index contributed by atoms with van der Waals surface area (Å²) in [5.41, 5.74) is 5.37. The number of nitrogens with zero attached hydrogens (tertiary/aromatic N) is 5. The summed E-state index contributed by atoms with van der Waals surface area (Å²) in [4.78, 5) is 18.2. The van der Waals surface area contributed by atoms with E-state index in [4.69, 9.17) is 16.6 Å². The van der Waals surface area contributed by atoms with Crippen LogP contribution in [0.25, 0.3) is 22.2 Å². The maximum Gasteiger partial charge on any atom is 0.257 e. The van der Waals surface area contributed by atoms with Gasteiger partial charge in [0.1, 0.15) is 10.8 Å². The van der Waals surface area contributed by atoms with Crippen molar-refractivity contribution in [1.29, 1.82) is 0 Å². The normalized spacial score (nSPS) is 11.2. The summed E-state index contributed by atoms with van der Waals surface area (Å²) in [7, 11) is 1.88. The van der Waals surface area contributed by atoms with Gasteiger partial charge < -0.3 is 5.32 Å². The maximum atomic E-state index is 13.4. The van der Waals surface area contributed by atoms with E-state index in [1.807, 2.05) is 45.2 Å². The van der Waals surface area contributed by atoms with Crippen LogP contribution in [0.3, 0.4) is 0 Å². The number of para-hydroxylation sites is 1. The van der Waals surface area contributed by atoms with E-state index in [-0.39, 0.29) is 17.5 Å². The Bertz CT molecular complexity index is 1570. The van der Waals surface area contributed by atoms with E-state index in [1.54, 1.807) is 33.8 Å². The fraction of sp³-hybridized carbons (Fsp3) is 0.154. The molecule has 0 unspecified atom stereocenters. The Labute approximate surface area is 206 Å². The average Bonchev–Trinajstić information content (AvgIpc) is 3.30. The van der Waals surface area contributed by atoms with Crippen LogP contribution < -0.4 is 5.32 Å². The Hall–Kier alpha value is -4.04. The van der Waals surface area contributed by atoms with E-state index in [2.05, 4.69) is 15.5 Å². The summed E-state index contributed by atoms with van der Waals surface area (Å²) in [5.74, 6) is -0.409. The Morgan fingerprint density at radius 1 is 1.09 bits per heavy atom. The second-order valence-corrected chi connectivity index (χ2v) is 8.75. The molecule has 5 rings (SSSR count). The van der Waals surface area contributed by atoms with Crippen LogP contribution >= 0.6 is 11.6 Å². The smallest absolute Gasteiger partial charge is 0.257 e. The number of aromatic nitrogens is 5. The molecule has 0 saturated heterocycles. The lowest BCUT2D eigenvalue weighted by atomic mass is 10.0. The number of aryl methyl sites for hydroxylation is 2. The van der Waals surface area contributed by atoms with Crippen LogP contribution in [0.15, 0.2) is 60.8 Å². The SMILES string of the molecule is Cc1nn(C)c(C)c1-c1cc(C(=O)Nc2nn(Cc3ccc(F)cc3)cc2Cl)c2ccccc2n1. The number of rotatable bonds is 5. The van der Waals surface area contributed by atoms with Crippen molar-refractivity contribution in [3.63, 3.8) is 0 Å². The van der Waals surface area contributed by atoms with Gasteiger partial charge in [-0.15, -0.1) is 0 Å². The summed E-state index contributed by atoms with van der Waals surface area (Å²) in [6.45, 7) is 4.28. The van der Waals surface area contributed by atoms with E-state index in [1.165, 1.54) is 12.1 Å².